The van der Waals surface area contributed by atoms with Gasteiger partial charge in [0, 0.05) is 43.8 Å². The highest BCUT2D eigenvalue weighted by atomic mass is 32.2. The van der Waals surface area contributed by atoms with E-state index in [2.05, 4.69) is 39.0 Å². The summed E-state index contributed by atoms with van der Waals surface area (Å²) in [5, 5.41) is 19.0. The topological polar surface area (TPSA) is 75.4 Å². The molecule has 1 N–H and O–H groups in total. The Morgan fingerprint density at radius 2 is 2.00 bits per heavy atom. The minimum absolute atomic E-state index is 0.0499. The number of carbonyl (C=O) groups excluding carboxylic acids is 1. The van der Waals surface area contributed by atoms with E-state index in [1.54, 1.807) is 11.8 Å². The van der Waals surface area contributed by atoms with Gasteiger partial charge in [-0.2, -0.15) is 5.10 Å². The molecule has 1 aliphatic rings. The van der Waals surface area contributed by atoms with Crippen molar-refractivity contribution in [3.63, 3.8) is 0 Å². The molecule has 7 nitrogen and oxygen atoms in total. The minimum atomic E-state index is -0.0499. The number of benzene rings is 1. The van der Waals surface area contributed by atoms with Crippen molar-refractivity contribution in [3.05, 3.63) is 35.7 Å². The van der Waals surface area contributed by atoms with Crippen molar-refractivity contribution in [2.75, 3.05) is 24.4 Å². The van der Waals surface area contributed by atoms with Crippen LogP contribution in [0.5, 0.6) is 0 Å². The SMILES string of the molecule is CSc1nnc(CCCNC(=O)c2ccc(N3CCC(C)=N3)cc2)n1CC(C)C. The fourth-order valence-corrected chi connectivity index (χ4v) is 3.82. The third kappa shape index (κ3) is 5.59. The third-order valence-corrected chi connectivity index (χ3v) is 5.46. The Balaban J connectivity index is 1.48. The largest absolute Gasteiger partial charge is 0.352 e. The number of nitrogens with one attached hydrogen (secondary N) is 1. The van der Waals surface area contributed by atoms with Crippen molar-refractivity contribution in [2.24, 2.45) is 11.0 Å². The summed E-state index contributed by atoms with van der Waals surface area (Å²) < 4.78 is 2.19. The van der Waals surface area contributed by atoms with Gasteiger partial charge >= 0.3 is 0 Å². The lowest BCUT2D eigenvalue weighted by molar-refractivity contribution is 0.0953. The lowest BCUT2D eigenvalue weighted by Crippen LogP contribution is -2.25. The second-order valence-corrected chi connectivity index (χ2v) is 8.50. The molecule has 0 bridgehead atoms. The van der Waals surface area contributed by atoms with E-state index in [4.69, 9.17) is 0 Å². The van der Waals surface area contributed by atoms with Crippen LogP contribution in [0.2, 0.25) is 0 Å². The molecule has 2 aromatic rings. The normalized spacial score (nSPS) is 13.8. The molecule has 0 saturated carbocycles. The van der Waals surface area contributed by atoms with Gasteiger partial charge in [-0.15, -0.1) is 10.2 Å². The Labute approximate surface area is 177 Å². The number of hydrazone groups is 1. The van der Waals surface area contributed by atoms with Gasteiger partial charge in [-0.1, -0.05) is 25.6 Å². The number of hydrogen-bond donors (Lipinski definition) is 1. The van der Waals surface area contributed by atoms with E-state index in [1.165, 1.54) is 0 Å². The van der Waals surface area contributed by atoms with Crippen molar-refractivity contribution in [1.29, 1.82) is 0 Å². The van der Waals surface area contributed by atoms with E-state index in [1.807, 2.05) is 42.5 Å². The van der Waals surface area contributed by atoms with Crippen LogP contribution < -0.4 is 10.3 Å². The smallest absolute Gasteiger partial charge is 0.251 e. The first-order chi connectivity index (χ1) is 14.0. The molecule has 0 saturated heterocycles. The molecule has 0 unspecified atom stereocenters. The van der Waals surface area contributed by atoms with Crippen molar-refractivity contribution in [1.82, 2.24) is 20.1 Å². The molecule has 156 valence electrons. The molecule has 0 radical (unpaired) electrons. The van der Waals surface area contributed by atoms with E-state index in [9.17, 15) is 4.79 Å². The van der Waals surface area contributed by atoms with E-state index >= 15 is 0 Å². The van der Waals surface area contributed by atoms with E-state index in [-0.39, 0.29) is 5.91 Å². The van der Waals surface area contributed by atoms with Gasteiger partial charge in [-0.3, -0.25) is 9.80 Å². The molecule has 3 rings (SSSR count). The highest BCUT2D eigenvalue weighted by Crippen LogP contribution is 2.20. The van der Waals surface area contributed by atoms with Gasteiger partial charge in [0.05, 0.1) is 5.69 Å². The highest BCUT2D eigenvalue weighted by Gasteiger charge is 2.14. The van der Waals surface area contributed by atoms with Crippen LogP contribution in [0.3, 0.4) is 0 Å². The third-order valence-electron chi connectivity index (χ3n) is 4.79. The number of aryl methyl sites for hydroxylation is 1. The molecule has 1 aromatic heterocycles. The maximum Gasteiger partial charge on any atom is 0.251 e. The fraction of sp³-hybridized carbons (Fsp3) is 0.524. The average molecular weight is 415 g/mol. The molecule has 8 heteroatoms. The lowest BCUT2D eigenvalue weighted by atomic mass is 10.2. The summed E-state index contributed by atoms with van der Waals surface area (Å²) in [5.74, 6) is 1.47. The second-order valence-electron chi connectivity index (χ2n) is 7.72. The maximum absolute atomic E-state index is 12.4. The maximum atomic E-state index is 12.4. The van der Waals surface area contributed by atoms with Crippen LogP contribution in [-0.4, -0.2) is 45.7 Å². The fourth-order valence-electron chi connectivity index (χ4n) is 3.30. The molecule has 0 fully saturated rings. The first kappa shape index (κ1) is 21.4. The lowest BCUT2D eigenvalue weighted by Gasteiger charge is -2.14. The molecule has 0 atom stereocenters. The van der Waals surface area contributed by atoms with E-state index in [0.717, 1.165) is 54.7 Å². The molecule has 0 spiro atoms. The quantitative estimate of drug-likeness (QED) is 0.501. The van der Waals surface area contributed by atoms with Crippen LogP contribution in [0.4, 0.5) is 5.69 Å². The number of anilines is 1. The zero-order valence-corrected chi connectivity index (χ0v) is 18.5. The Morgan fingerprint density at radius 1 is 1.24 bits per heavy atom. The van der Waals surface area contributed by atoms with Crippen molar-refractivity contribution >= 4 is 29.1 Å². The van der Waals surface area contributed by atoms with Crippen LogP contribution in [0.25, 0.3) is 0 Å². The monoisotopic (exact) mass is 414 g/mol. The van der Waals surface area contributed by atoms with Crippen LogP contribution in [0, 0.1) is 5.92 Å². The summed E-state index contributed by atoms with van der Waals surface area (Å²) >= 11 is 1.62. The number of hydrogen-bond acceptors (Lipinski definition) is 6. The summed E-state index contributed by atoms with van der Waals surface area (Å²) in [6.07, 6.45) is 4.64. The summed E-state index contributed by atoms with van der Waals surface area (Å²) in [4.78, 5) is 12.4. The summed E-state index contributed by atoms with van der Waals surface area (Å²) in [7, 11) is 0. The molecular formula is C21H30N6OS. The van der Waals surface area contributed by atoms with Gasteiger partial charge in [-0.05, 0) is 49.8 Å². The number of carbonyl (C=O) groups is 1. The van der Waals surface area contributed by atoms with E-state index in [0.29, 0.717) is 18.0 Å². The van der Waals surface area contributed by atoms with Gasteiger partial charge in [0.2, 0.25) is 0 Å². The number of nitrogens with zero attached hydrogens (tertiary/aromatic N) is 5. The van der Waals surface area contributed by atoms with Gasteiger partial charge < -0.3 is 9.88 Å². The van der Waals surface area contributed by atoms with Crippen LogP contribution in [-0.2, 0) is 13.0 Å². The predicted octanol–water partition coefficient (Wildman–Crippen LogP) is 3.60. The van der Waals surface area contributed by atoms with Crippen LogP contribution in [0.15, 0.2) is 34.5 Å². The Kier molecular flexibility index (Phi) is 7.30. The highest BCUT2D eigenvalue weighted by molar-refractivity contribution is 7.98. The summed E-state index contributed by atoms with van der Waals surface area (Å²) in [5.41, 5.74) is 2.83. The number of amides is 1. The first-order valence-electron chi connectivity index (χ1n) is 10.1. The zero-order valence-electron chi connectivity index (χ0n) is 17.7. The van der Waals surface area contributed by atoms with Gasteiger partial charge in [0.25, 0.3) is 5.91 Å². The van der Waals surface area contributed by atoms with Crippen molar-refractivity contribution < 1.29 is 4.79 Å². The molecule has 1 aliphatic heterocycles. The summed E-state index contributed by atoms with van der Waals surface area (Å²) in [6, 6.07) is 7.63. The number of rotatable bonds is 9. The molecule has 1 amide bonds. The minimum Gasteiger partial charge on any atom is -0.352 e. The summed E-state index contributed by atoms with van der Waals surface area (Å²) in [6.45, 7) is 8.84. The van der Waals surface area contributed by atoms with Crippen molar-refractivity contribution in [3.8, 4) is 0 Å². The Hall–Kier alpha value is -2.35. The second kappa shape index (κ2) is 9.91. The standard InChI is InChI=1S/C21H30N6OS/c1-15(2)14-26-19(23-24-21(26)29-4)6-5-12-22-20(28)17-7-9-18(10-8-17)27-13-11-16(3)25-27/h7-10,15H,5-6,11-14H2,1-4H3,(H,22,28). The first-order valence-corrected chi connectivity index (χ1v) is 11.4. The predicted molar refractivity (Wildman–Crippen MR) is 119 cm³/mol. The Bertz CT molecular complexity index is 859. The van der Waals surface area contributed by atoms with E-state index < -0.39 is 0 Å². The van der Waals surface area contributed by atoms with Gasteiger partial charge in [0.1, 0.15) is 5.82 Å². The molecular weight excluding hydrogens is 384 g/mol. The van der Waals surface area contributed by atoms with Crippen LogP contribution in [0.1, 0.15) is 49.8 Å². The van der Waals surface area contributed by atoms with Crippen molar-refractivity contribution in [2.45, 2.75) is 51.7 Å². The molecule has 2 heterocycles. The van der Waals surface area contributed by atoms with Crippen LogP contribution >= 0.6 is 11.8 Å². The van der Waals surface area contributed by atoms with Gasteiger partial charge in [0.15, 0.2) is 5.16 Å². The number of aromatic nitrogens is 3. The molecule has 0 aliphatic carbocycles. The molecule has 1 aromatic carbocycles. The Morgan fingerprint density at radius 3 is 2.62 bits per heavy atom. The van der Waals surface area contributed by atoms with Gasteiger partial charge in [-0.25, -0.2) is 0 Å². The zero-order chi connectivity index (χ0) is 20.8. The average Bonchev–Trinajstić information content (AvgIpc) is 3.31. The molecule has 29 heavy (non-hydrogen) atoms. The number of thioether (sulfide) groups is 1.